The number of carbonyl (C=O) groups excluding carboxylic acids is 3. The standard InChI is InChI=1S/C29H28O6/c1-3-33-27(31)29(28(32)34-4-2)23(24(30)20-14-8-5-9-15-20)25(21-16-10-6-11-17-21)35-26(29)22-18-12-7-13-19-22/h5-19,23,25-26H,3-4H2,1-2H3/t23-,25-,26+/m0/s1. The molecule has 0 amide bonds. The average Bonchev–Trinajstić information content (AvgIpc) is 3.27. The molecule has 0 aliphatic carbocycles. The van der Waals surface area contributed by atoms with E-state index >= 15 is 0 Å². The summed E-state index contributed by atoms with van der Waals surface area (Å²) in [5.74, 6) is -3.27. The normalized spacial score (nSPS) is 20.7. The molecule has 1 aliphatic rings. The predicted molar refractivity (Wildman–Crippen MR) is 129 cm³/mol. The van der Waals surface area contributed by atoms with Crippen molar-refractivity contribution >= 4 is 17.7 Å². The van der Waals surface area contributed by atoms with Crippen LogP contribution in [-0.2, 0) is 23.8 Å². The van der Waals surface area contributed by atoms with Crippen molar-refractivity contribution < 1.29 is 28.6 Å². The summed E-state index contributed by atoms with van der Waals surface area (Å²) in [6.45, 7) is 3.38. The lowest BCUT2D eigenvalue weighted by atomic mass is 9.66. The highest BCUT2D eigenvalue weighted by Crippen LogP contribution is 2.59. The Balaban J connectivity index is 2.01. The first-order chi connectivity index (χ1) is 17.1. The first kappa shape index (κ1) is 24.4. The molecule has 3 aromatic carbocycles. The quantitative estimate of drug-likeness (QED) is 0.258. The van der Waals surface area contributed by atoms with Crippen molar-refractivity contribution in [1.82, 2.24) is 0 Å². The van der Waals surface area contributed by atoms with Crippen LogP contribution in [0.3, 0.4) is 0 Å². The lowest BCUT2D eigenvalue weighted by Crippen LogP contribution is -2.51. The maximum Gasteiger partial charge on any atom is 0.327 e. The summed E-state index contributed by atoms with van der Waals surface area (Å²) in [5.41, 5.74) is -0.411. The summed E-state index contributed by atoms with van der Waals surface area (Å²) in [6, 6.07) is 26.7. The van der Waals surface area contributed by atoms with Crippen molar-refractivity contribution in [3.8, 4) is 0 Å². The van der Waals surface area contributed by atoms with Gasteiger partial charge in [0.25, 0.3) is 0 Å². The van der Waals surface area contributed by atoms with Crippen LogP contribution in [-0.4, -0.2) is 30.9 Å². The van der Waals surface area contributed by atoms with E-state index in [-0.39, 0.29) is 19.0 Å². The molecule has 180 valence electrons. The van der Waals surface area contributed by atoms with Gasteiger partial charge in [0.05, 0.1) is 25.2 Å². The molecule has 6 heteroatoms. The van der Waals surface area contributed by atoms with Gasteiger partial charge in [-0.05, 0) is 25.0 Å². The molecule has 0 spiro atoms. The van der Waals surface area contributed by atoms with E-state index in [0.29, 0.717) is 16.7 Å². The Kier molecular flexibility index (Phi) is 7.42. The van der Waals surface area contributed by atoms with E-state index in [0.717, 1.165) is 0 Å². The van der Waals surface area contributed by atoms with Gasteiger partial charge in [-0.1, -0.05) is 91.0 Å². The molecule has 0 unspecified atom stereocenters. The fourth-order valence-corrected chi connectivity index (χ4v) is 4.80. The Morgan fingerprint density at radius 2 is 1.17 bits per heavy atom. The van der Waals surface area contributed by atoms with Crippen LogP contribution in [0.2, 0.25) is 0 Å². The summed E-state index contributed by atoms with van der Waals surface area (Å²) in [7, 11) is 0. The van der Waals surface area contributed by atoms with Gasteiger partial charge in [-0.15, -0.1) is 0 Å². The largest absolute Gasteiger partial charge is 0.465 e. The Bertz CT molecular complexity index is 1140. The smallest absolute Gasteiger partial charge is 0.327 e. The van der Waals surface area contributed by atoms with Crippen LogP contribution in [0.15, 0.2) is 91.0 Å². The van der Waals surface area contributed by atoms with Crippen LogP contribution >= 0.6 is 0 Å². The van der Waals surface area contributed by atoms with Crippen molar-refractivity contribution in [2.24, 2.45) is 11.3 Å². The predicted octanol–water partition coefficient (Wildman–Crippen LogP) is 5.11. The minimum absolute atomic E-state index is 0.0315. The molecule has 1 fully saturated rings. The zero-order valence-electron chi connectivity index (χ0n) is 19.8. The molecule has 0 radical (unpaired) electrons. The van der Waals surface area contributed by atoms with E-state index < -0.39 is 35.5 Å². The number of ketones is 1. The zero-order chi connectivity index (χ0) is 24.8. The van der Waals surface area contributed by atoms with E-state index in [1.807, 2.05) is 36.4 Å². The van der Waals surface area contributed by atoms with Gasteiger partial charge in [-0.2, -0.15) is 0 Å². The van der Waals surface area contributed by atoms with Gasteiger partial charge in [-0.25, -0.2) is 0 Å². The fraction of sp³-hybridized carbons (Fsp3) is 0.276. The third-order valence-electron chi connectivity index (χ3n) is 6.29. The van der Waals surface area contributed by atoms with Crippen LogP contribution < -0.4 is 0 Å². The highest BCUT2D eigenvalue weighted by atomic mass is 16.6. The second-order valence-electron chi connectivity index (χ2n) is 8.28. The van der Waals surface area contributed by atoms with Crippen LogP contribution in [0.1, 0.15) is 47.5 Å². The van der Waals surface area contributed by atoms with Crippen molar-refractivity contribution in [3.05, 3.63) is 108 Å². The van der Waals surface area contributed by atoms with E-state index in [4.69, 9.17) is 14.2 Å². The molecule has 4 rings (SSSR count). The average molecular weight is 473 g/mol. The third kappa shape index (κ3) is 4.37. The van der Waals surface area contributed by atoms with Crippen LogP contribution in [0, 0.1) is 11.3 Å². The van der Waals surface area contributed by atoms with Crippen LogP contribution in [0.5, 0.6) is 0 Å². The summed E-state index contributed by atoms with van der Waals surface area (Å²) < 4.78 is 17.5. The zero-order valence-corrected chi connectivity index (χ0v) is 19.8. The number of Topliss-reactive ketones (excluding diaryl/α,β-unsaturated/α-hetero) is 1. The van der Waals surface area contributed by atoms with Crippen molar-refractivity contribution in [2.45, 2.75) is 26.1 Å². The molecule has 3 atom stereocenters. The van der Waals surface area contributed by atoms with Crippen LogP contribution in [0.4, 0.5) is 0 Å². The molecule has 0 N–H and O–H groups in total. The number of benzene rings is 3. The Morgan fingerprint density at radius 1 is 0.714 bits per heavy atom. The summed E-state index contributed by atoms with van der Waals surface area (Å²) in [5, 5.41) is 0. The SMILES string of the molecule is CCOC(=O)C1(C(=O)OCC)[C@@H](c2ccccc2)O[C@@H](c2ccccc2)[C@@H]1C(=O)c1ccccc1. The highest BCUT2D eigenvalue weighted by molar-refractivity contribution is 6.10. The summed E-state index contributed by atoms with van der Waals surface area (Å²) in [4.78, 5) is 41.8. The first-order valence-corrected chi connectivity index (χ1v) is 11.7. The minimum atomic E-state index is -2.04. The number of esters is 2. The summed E-state index contributed by atoms with van der Waals surface area (Å²) in [6.07, 6.45) is -1.98. The number of rotatable bonds is 8. The fourth-order valence-electron chi connectivity index (χ4n) is 4.80. The summed E-state index contributed by atoms with van der Waals surface area (Å²) >= 11 is 0. The molecular formula is C29H28O6. The van der Waals surface area contributed by atoms with E-state index in [1.165, 1.54) is 0 Å². The van der Waals surface area contributed by atoms with Crippen molar-refractivity contribution in [1.29, 1.82) is 0 Å². The topological polar surface area (TPSA) is 78.9 Å². The maximum atomic E-state index is 14.1. The third-order valence-corrected chi connectivity index (χ3v) is 6.29. The van der Waals surface area contributed by atoms with Gasteiger partial charge in [-0.3, -0.25) is 14.4 Å². The molecule has 1 saturated heterocycles. The van der Waals surface area contributed by atoms with Gasteiger partial charge in [0.1, 0.15) is 6.10 Å². The lowest BCUT2D eigenvalue weighted by molar-refractivity contribution is -0.178. The molecule has 1 heterocycles. The Morgan fingerprint density at radius 3 is 1.66 bits per heavy atom. The van der Waals surface area contributed by atoms with Gasteiger partial charge in [0.15, 0.2) is 5.78 Å². The van der Waals surface area contributed by atoms with Gasteiger partial charge >= 0.3 is 11.9 Å². The highest BCUT2D eigenvalue weighted by Gasteiger charge is 2.70. The van der Waals surface area contributed by atoms with E-state index in [2.05, 4.69) is 0 Å². The lowest BCUT2D eigenvalue weighted by Gasteiger charge is -2.33. The molecule has 6 nitrogen and oxygen atoms in total. The minimum Gasteiger partial charge on any atom is -0.465 e. The second-order valence-corrected chi connectivity index (χ2v) is 8.28. The Hall–Kier alpha value is -3.77. The molecule has 35 heavy (non-hydrogen) atoms. The number of hydrogen-bond acceptors (Lipinski definition) is 6. The molecule has 0 aromatic heterocycles. The van der Waals surface area contributed by atoms with Gasteiger partial charge < -0.3 is 14.2 Å². The number of carbonyl (C=O) groups is 3. The van der Waals surface area contributed by atoms with Gasteiger partial charge in [0, 0.05) is 5.56 Å². The molecule has 3 aromatic rings. The van der Waals surface area contributed by atoms with Gasteiger partial charge in [0.2, 0.25) is 5.41 Å². The van der Waals surface area contributed by atoms with E-state index in [1.54, 1.807) is 68.4 Å². The van der Waals surface area contributed by atoms with Crippen molar-refractivity contribution in [3.63, 3.8) is 0 Å². The first-order valence-electron chi connectivity index (χ1n) is 11.7. The monoisotopic (exact) mass is 472 g/mol. The number of ether oxygens (including phenoxy) is 3. The molecular weight excluding hydrogens is 444 g/mol. The molecule has 0 bridgehead atoms. The van der Waals surface area contributed by atoms with E-state index in [9.17, 15) is 14.4 Å². The maximum absolute atomic E-state index is 14.1. The molecule has 1 aliphatic heterocycles. The van der Waals surface area contributed by atoms with Crippen LogP contribution in [0.25, 0.3) is 0 Å². The Labute approximate surface area is 204 Å². The second kappa shape index (κ2) is 10.7. The molecule has 0 saturated carbocycles. The number of hydrogen-bond donors (Lipinski definition) is 0. The van der Waals surface area contributed by atoms with Crippen molar-refractivity contribution in [2.75, 3.05) is 13.2 Å².